The molecule has 0 fully saturated rings. The minimum atomic E-state index is -5.19. The minimum Gasteiger partial charge on any atom is -0.267 e. The molecule has 0 saturated heterocycles. The molecule has 1 aromatic heterocycles. The van der Waals surface area contributed by atoms with Crippen molar-refractivity contribution < 1.29 is 39.9 Å². The van der Waals surface area contributed by atoms with Gasteiger partial charge < -0.3 is 0 Å². The van der Waals surface area contributed by atoms with Crippen molar-refractivity contribution >= 4 is 40.9 Å². The minimum absolute atomic E-state index is 0.0105. The Hall–Kier alpha value is -3.45. The molecule has 0 aliphatic carbocycles. The van der Waals surface area contributed by atoms with Crippen molar-refractivity contribution in [2.24, 2.45) is 0 Å². The zero-order valence-electron chi connectivity index (χ0n) is 17.9. The molecule has 15 heteroatoms. The van der Waals surface area contributed by atoms with Crippen molar-refractivity contribution in [2.45, 2.75) is 18.3 Å². The highest BCUT2D eigenvalue weighted by atomic mass is 35.5. The van der Waals surface area contributed by atoms with Gasteiger partial charge in [0.25, 0.3) is 5.91 Å². The summed E-state index contributed by atoms with van der Waals surface area (Å²) in [6.07, 6.45) is -7.78. The zero-order valence-corrected chi connectivity index (χ0v) is 19.4. The van der Waals surface area contributed by atoms with Crippen LogP contribution in [0.25, 0.3) is 5.83 Å². The molecule has 1 amide bonds. The van der Waals surface area contributed by atoms with Crippen LogP contribution in [0.3, 0.4) is 0 Å². The Labute approximate surface area is 213 Å². The Morgan fingerprint density at radius 2 is 1.57 bits per heavy atom. The number of alkyl halides is 6. The molecular formula is C22H12Cl2F8N4O. The lowest BCUT2D eigenvalue weighted by Gasteiger charge is -2.19. The highest BCUT2D eigenvalue weighted by Crippen LogP contribution is 2.41. The van der Waals surface area contributed by atoms with Crippen LogP contribution in [-0.4, -0.2) is 22.1 Å². The number of halogens is 10. The summed E-state index contributed by atoms with van der Waals surface area (Å²) in [6.45, 7) is 0. The van der Waals surface area contributed by atoms with E-state index in [2.05, 4.69) is 15.4 Å². The quantitative estimate of drug-likeness (QED) is 0.185. The second-order valence-electron chi connectivity index (χ2n) is 7.24. The van der Waals surface area contributed by atoms with Crippen LogP contribution >= 0.6 is 23.2 Å². The summed E-state index contributed by atoms with van der Waals surface area (Å²) in [5.41, 5.74) is -0.120. The fourth-order valence-corrected chi connectivity index (χ4v) is 3.55. The van der Waals surface area contributed by atoms with Gasteiger partial charge in [0.15, 0.2) is 5.82 Å². The fraction of sp³-hybridized carbons (Fsp3) is 0.136. The number of hydrogen-bond acceptors (Lipinski definition) is 4. The van der Waals surface area contributed by atoms with E-state index in [-0.39, 0.29) is 18.1 Å². The number of benzene rings is 2. The van der Waals surface area contributed by atoms with Gasteiger partial charge in [-0.1, -0.05) is 29.3 Å². The number of allylic oxidation sites excluding steroid dienone is 1. The Kier molecular flexibility index (Phi) is 8.28. The maximum absolute atomic E-state index is 14.9. The predicted molar refractivity (Wildman–Crippen MR) is 119 cm³/mol. The van der Waals surface area contributed by atoms with Crippen molar-refractivity contribution in [3.63, 3.8) is 0 Å². The lowest BCUT2D eigenvalue weighted by atomic mass is 9.95. The van der Waals surface area contributed by atoms with E-state index < -0.39 is 68.1 Å². The van der Waals surface area contributed by atoms with Gasteiger partial charge >= 0.3 is 12.4 Å². The average molecular weight is 571 g/mol. The average Bonchev–Trinajstić information content (AvgIpc) is 2.83. The highest BCUT2D eigenvalue weighted by molar-refractivity contribution is 6.35. The van der Waals surface area contributed by atoms with Crippen molar-refractivity contribution in [1.29, 1.82) is 0 Å². The first-order valence-electron chi connectivity index (χ1n) is 9.82. The summed E-state index contributed by atoms with van der Waals surface area (Å²) in [4.78, 5) is 19.7. The maximum atomic E-state index is 14.9. The molecule has 0 saturated carbocycles. The third-order valence-electron chi connectivity index (χ3n) is 4.73. The summed E-state index contributed by atoms with van der Waals surface area (Å²) in [6, 6.07) is 4.04. The number of hydrazine groups is 1. The van der Waals surface area contributed by atoms with E-state index in [1.165, 1.54) is 18.5 Å². The molecule has 196 valence electrons. The molecule has 0 aliphatic rings. The van der Waals surface area contributed by atoms with Gasteiger partial charge in [-0.05, 0) is 42.0 Å². The van der Waals surface area contributed by atoms with E-state index in [1.54, 1.807) is 0 Å². The van der Waals surface area contributed by atoms with Crippen LogP contribution in [0, 0.1) is 5.82 Å². The van der Waals surface area contributed by atoms with E-state index in [9.17, 15) is 39.9 Å². The summed E-state index contributed by atoms with van der Waals surface area (Å²) in [5, 5.41) is -1.54. The number of aromatic nitrogens is 2. The molecule has 37 heavy (non-hydrogen) atoms. The van der Waals surface area contributed by atoms with Crippen LogP contribution in [0.15, 0.2) is 54.9 Å². The second-order valence-corrected chi connectivity index (χ2v) is 8.06. The van der Waals surface area contributed by atoms with Gasteiger partial charge in [0, 0.05) is 18.0 Å². The number of carbonyl (C=O) groups is 1. The highest BCUT2D eigenvalue weighted by Gasteiger charge is 2.41. The summed E-state index contributed by atoms with van der Waals surface area (Å²) in [5.74, 6) is -7.09. The number of anilines is 1. The van der Waals surface area contributed by atoms with Gasteiger partial charge in [0.2, 0.25) is 5.95 Å². The maximum Gasteiger partial charge on any atom is 0.417 e. The number of carbonyl (C=O) groups excluding carboxylic acids is 1. The monoisotopic (exact) mass is 570 g/mol. The fourth-order valence-electron chi connectivity index (χ4n) is 3.05. The number of nitrogens with zero attached hydrogens (tertiary/aromatic N) is 2. The molecule has 2 N–H and O–H groups in total. The topological polar surface area (TPSA) is 66.9 Å². The molecule has 1 unspecified atom stereocenters. The van der Waals surface area contributed by atoms with Crippen LogP contribution in [0.5, 0.6) is 0 Å². The van der Waals surface area contributed by atoms with Gasteiger partial charge in [0.1, 0.15) is 11.7 Å². The lowest BCUT2D eigenvalue weighted by molar-refractivity contribution is -0.140. The molecule has 3 rings (SSSR count). The predicted octanol–water partition coefficient (Wildman–Crippen LogP) is 7.35. The van der Waals surface area contributed by atoms with E-state index in [1.807, 2.05) is 5.43 Å². The molecule has 3 aromatic rings. The van der Waals surface area contributed by atoms with Gasteiger partial charge in [-0.3, -0.25) is 15.6 Å². The number of rotatable bonds is 6. The molecule has 5 nitrogen and oxygen atoms in total. The SMILES string of the molecule is O=C(NNc1ncccn1)c1ccc(/C(F)=C/C(c2cc(Cl)c(F)c(Cl)c2)C(F)(F)F)cc1C(F)(F)F. The van der Waals surface area contributed by atoms with Crippen LogP contribution in [-0.2, 0) is 6.18 Å². The number of nitrogens with one attached hydrogen (secondary N) is 2. The van der Waals surface area contributed by atoms with Gasteiger partial charge in [-0.2, -0.15) is 26.3 Å². The normalized spacial score (nSPS) is 13.3. The lowest BCUT2D eigenvalue weighted by Crippen LogP contribution is -2.32. The first-order chi connectivity index (χ1) is 17.2. The van der Waals surface area contributed by atoms with Gasteiger partial charge in [-0.25, -0.2) is 18.7 Å². The van der Waals surface area contributed by atoms with E-state index in [0.29, 0.717) is 24.3 Å². The molecule has 0 bridgehead atoms. The van der Waals surface area contributed by atoms with Crippen LogP contribution in [0.4, 0.5) is 41.1 Å². The van der Waals surface area contributed by atoms with Crippen molar-refractivity contribution in [2.75, 3.05) is 5.43 Å². The van der Waals surface area contributed by atoms with Crippen molar-refractivity contribution in [3.05, 3.63) is 93.0 Å². The first kappa shape index (κ1) is 28.1. The summed E-state index contributed by atoms with van der Waals surface area (Å²) < 4.78 is 110. The number of hydrogen-bond donors (Lipinski definition) is 2. The van der Waals surface area contributed by atoms with E-state index in [4.69, 9.17) is 23.2 Å². The molecule has 0 aliphatic heterocycles. The van der Waals surface area contributed by atoms with Crippen LogP contribution in [0.2, 0.25) is 10.0 Å². The molecule has 0 spiro atoms. The van der Waals surface area contributed by atoms with Crippen LogP contribution in [0.1, 0.15) is 33.0 Å². The zero-order chi connectivity index (χ0) is 27.5. The molecule has 1 heterocycles. The first-order valence-corrected chi connectivity index (χ1v) is 10.6. The molecule has 1 atom stereocenters. The smallest absolute Gasteiger partial charge is 0.267 e. The van der Waals surface area contributed by atoms with E-state index in [0.717, 1.165) is 0 Å². The van der Waals surface area contributed by atoms with Gasteiger partial charge in [0.05, 0.1) is 21.2 Å². The molecule has 0 radical (unpaired) electrons. The second kappa shape index (κ2) is 10.9. The summed E-state index contributed by atoms with van der Waals surface area (Å²) in [7, 11) is 0. The largest absolute Gasteiger partial charge is 0.417 e. The number of amides is 1. The molecular weight excluding hydrogens is 559 g/mol. The Morgan fingerprint density at radius 1 is 0.973 bits per heavy atom. The van der Waals surface area contributed by atoms with Crippen molar-refractivity contribution in [3.8, 4) is 0 Å². The Morgan fingerprint density at radius 3 is 2.11 bits per heavy atom. The van der Waals surface area contributed by atoms with E-state index >= 15 is 0 Å². The molecule has 2 aromatic carbocycles. The third kappa shape index (κ3) is 6.86. The summed E-state index contributed by atoms with van der Waals surface area (Å²) >= 11 is 11.1. The van der Waals surface area contributed by atoms with Crippen molar-refractivity contribution in [1.82, 2.24) is 15.4 Å². The van der Waals surface area contributed by atoms with Gasteiger partial charge in [-0.15, -0.1) is 0 Å². The standard InChI is InChI=1S/C22H12Cl2F8N4O/c23-15-7-11(8-16(24)18(15)26)13(21(27,28)29)9-17(25)10-2-3-12(14(6-10)22(30,31)32)19(37)35-36-20-33-4-1-5-34-20/h1-9,13H,(H,35,37)(H,33,34,36)/b17-9-. The Bertz CT molecular complexity index is 1310. The van der Waals surface area contributed by atoms with Crippen LogP contribution < -0.4 is 10.9 Å². The Balaban J connectivity index is 1.99. The third-order valence-corrected chi connectivity index (χ3v) is 5.28.